The summed E-state index contributed by atoms with van der Waals surface area (Å²) in [6.07, 6.45) is 0. The highest BCUT2D eigenvalue weighted by Gasteiger charge is 2.21. The van der Waals surface area contributed by atoms with Crippen LogP contribution >= 0.6 is 27.5 Å². The minimum atomic E-state index is -1.21. The Labute approximate surface area is 238 Å². The molecule has 3 rings (SSSR count). The van der Waals surface area contributed by atoms with Gasteiger partial charge in [-0.15, -0.1) is 4.91 Å². The number of rotatable bonds is 13. The predicted octanol–water partition coefficient (Wildman–Crippen LogP) is 5.33. The number of hydrogen-bond donors (Lipinski definition) is 1. The maximum absolute atomic E-state index is 12.1. The number of nitrogens with one attached hydrogen (secondary N) is 1. The van der Waals surface area contributed by atoms with E-state index in [4.69, 9.17) is 21.1 Å². The van der Waals surface area contributed by atoms with Crippen LogP contribution in [0.4, 0.5) is 0 Å². The zero-order valence-electron chi connectivity index (χ0n) is 21.2. The summed E-state index contributed by atoms with van der Waals surface area (Å²) < 4.78 is 12.7. The van der Waals surface area contributed by atoms with Crippen molar-refractivity contribution in [3.8, 4) is 22.6 Å². The molecule has 0 heterocycles. The number of ether oxygens (including phenoxy) is 2. The molecule has 0 saturated heterocycles. The molecule has 2 amide bonds. The molecular formula is C27H26BrClN4O6. The average Bonchev–Trinajstić information content (AvgIpc) is 2.94. The molecular weight excluding hydrogens is 592 g/mol. The van der Waals surface area contributed by atoms with E-state index in [-0.39, 0.29) is 36.4 Å². The quantitative estimate of drug-likeness (QED) is 0.257. The van der Waals surface area contributed by atoms with Gasteiger partial charge in [0, 0.05) is 47.5 Å². The van der Waals surface area contributed by atoms with Gasteiger partial charge in [-0.25, -0.2) is 0 Å². The molecule has 0 radical (unpaired) electrons. The van der Waals surface area contributed by atoms with E-state index >= 15 is 0 Å². The van der Waals surface area contributed by atoms with Gasteiger partial charge < -0.3 is 14.4 Å². The summed E-state index contributed by atoms with van der Waals surface area (Å²) in [5.74, 6) is -0.773. The van der Waals surface area contributed by atoms with Crippen molar-refractivity contribution in [1.82, 2.24) is 10.2 Å². The lowest BCUT2D eigenvalue weighted by Gasteiger charge is -2.18. The first-order valence-corrected chi connectivity index (χ1v) is 12.9. The Morgan fingerprint density at radius 1 is 1.00 bits per heavy atom. The standard InChI is InChI=1S/C27H26BrClN4O6/c1-33(2)25(34)16-39-23-12-24(21(29)11-19(23)13-30-22(14-31-36)27(35)32-37)38-15-18-9-6-10-20(26(18)28)17-7-4-3-5-8-17/h3-12,22,30H,13-16H2,1-2H3. The number of benzene rings is 3. The van der Waals surface area contributed by atoms with Crippen molar-refractivity contribution in [2.75, 3.05) is 27.2 Å². The van der Waals surface area contributed by atoms with Crippen molar-refractivity contribution in [3.63, 3.8) is 0 Å². The first-order chi connectivity index (χ1) is 18.7. The molecule has 0 saturated carbocycles. The summed E-state index contributed by atoms with van der Waals surface area (Å²) in [4.78, 5) is 46.6. The van der Waals surface area contributed by atoms with E-state index in [0.29, 0.717) is 11.3 Å². The van der Waals surface area contributed by atoms with Crippen LogP contribution in [-0.2, 0) is 22.7 Å². The van der Waals surface area contributed by atoms with Crippen molar-refractivity contribution in [1.29, 1.82) is 0 Å². The fourth-order valence-electron chi connectivity index (χ4n) is 3.52. The van der Waals surface area contributed by atoms with Gasteiger partial charge in [0.2, 0.25) is 0 Å². The van der Waals surface area contributed by atoms with Gasteiger partial charge in [0.05, 0.1) is 5.02 Å². The molecule has 10 nitrogen and oxygen atoms in total. The Bertz CT molecular complexity index is 1340. The van der Waals surface area contributed by atoms with Crippen molar-refractivity contribution < 1.29 is 19.1 Å². The molecule has 1 N–H and O–H groups in total. The van der Waals surface area contributed by atoms with Crippen LogP contribution < -0.4 is 14.8 Å². The van der Waals surface area contributed by atoms with Crippen LogP contribution in [0.3, 0.4) is 0 Å². The molecule has 0 bridgehead atoms. The number of amides is 2. The van der Waals surface area contributed by atoms with Gasteiger partial charge in [0.15, 0.2) is 6.61 Å². The monoisotopic (exact) mass is 616 g/mol. The van der Waals surface area contributed by atoms with E-state index in [1.807, 2.05) is 48.5 Å². The fourth-order valence-corrected chi connectivity index (χ4v) is 4.36. The van der Waals surface area contributed by atoms with Crippen LogP contribution in [0.25, 0.3) is 11.1 Å². The number of carbonyl (C=O) groups excluding carboxylic acids is 2. The Morgan fingerprint density at radius 2 is 1.74 bits per heavy atom. The van der Waals surface area contributed by atoms with Crippen LogP contribution in [0.5, 0.6) is 11.5 Å². The van der Waals surface area contributed by atoms with Gasteiger partial charge in [0.25, 0.3) is 5.91 Å². The van der Waals surface area contributed by atoms with Crippen molar-refractivity contribution in [2.24, 2.45) is 10.4 Å². The molecule has 39 heavy (non-hydrogen) atoms. The van der Waals surface area contributed by atoms with Crippen LogP contribution in [0.2, 0.25) is 5.02 Å². The highest BCUT2D eigenvalue weighted by atomic mass is 79.9. The van der Waals surface area contributed by atoms with Crippen molar-refractivity contribution in [3.05, 3.63) is 91.1 Å². The normalized spacial score (nSPS) is 11.4. The van der Waals surface area contributed by atoms with Gasteiger partial charge in [-0.05, 0) is 33.1 Å². The number of nitroso groups, excluding NO2 is 2. The molecule has 12 heteroatoms. The van der Waals surface area contributed by atoms with Crippen LogP contribution in [0, 0.1) is 9.81 Å². The number of likely N-dealkylation sites (N-methyl/N-ethyl adjacent to an activating group) is 1. The van der Waals surface area contributed by atoms with E-state index < -0.39 is 18.5 Å². The molecule has 0 aliphatic heterocycles. The van der Waals surface area contributed by atoms with Gasteiger partial charge in [-0.1, -0.05) is 65.3 Å². The first-order valence-electron chi connectivity index (χ1n) is 11.8. The summed E-state index contributed by atoms with van der Waals surface area (Å²) >= 11 is 10.2. The van der Waals surface area contributed by atoms with E-state index in [1.54, 1.807) is 26.2 Å². The Morgan fingerprint density at radius 3 is 2.41 bits per heavy atom. The molecule has 3 aromatic carbocycles. The Hall–Kier alpha value is -3.67. The second-order valence-corrected chi connectivity index (χ2v) is 9.78. The van der Waals surface area contributed by atoms with Crippen molar-refractivity contribution >= 4 is 39.3 Å². The topological polar surface area (TPSA) is 127 Å². The molecule has 0 spiro atoms. The maximum Gasteiger partial charge on any atom is 0.305 e. The highest BCUT2D eigenvalue weighted by molar-refractivity contribution is 9.10. The summed E-state index contributed by atoms with van der Waals surface area (Å²) in [7, 11) is 3.20. The Balaban J connectivity index is 1.85. The third kappa shape index (κ3) is 8.16. The second-order valence-electron chi connectivity index (χ2n) is 8.58. The second kappa shape index (κ2) is 14.5. The lowest BCUT2D eigenvalue weighted by Crippen LogP contribution is -2.37. The van der Waals surface area contributed by atoms with Crippen LogP contribution in [-0.4, -0.2) is 50.0 Å². The summed E-state index contributed by atoms with van der Waals surface area (Å²) in [5.41, 5.74) is 3.40. The predicted molar refractivity (Wildman–Crippen MR) is 152 cm³/mol. The van der Waals surface area contributed by atoms with E-state index in [9.17, 15) is 19.4 Å². The van der Waals surface area contributed by atoms with Gasteiger partial charge in [-0.3, -0.25) is 14.9 Å². The number of nitrogens with zero attached hydrogens (tertiary/aromatic N) is 3. The van der Waals surface area contributed by atoms with Gasteiger partial charge in [0.1, 0.15) is 30.7 Å². The number of hydrogen-bond acceptors (Lipinski definition) is 8. The lowest BCUT2D eigenvalue weighted by atomic mass is 10.0. The molecule has 0 aliphatic carbocycles. The van der Waals surface area contributed by atoms with Gasteiger partial charge in [-0.2, -0.15) is 4.91 Å². The molecule has 1 atom stereocenters. The summed E-state index contributed by atoms with van der Waals surface area (Å²) in [6, 6.07) is 17.7. The molecule has 0 aliphatic rings. The highest BCUT2D eigenvalue weighted by Crippen LogP contribution is 2.35. The lowest BCUT2D eigenvalue weighted by molar-refractivity contribution is -0.130. The number of carbonyl (C=O) groups is 2. The fraction of sp³-hybridized carbons (Fsp3) is 0.259. The largest absolute Gasteiger partial charge is 0.487 e. The number of halogens is 2. The van der Waals surface area contributed by atoms with E-state index in [2.05, 4.69) is 31.6 Å². The molecule has 0 fully saturated rings. The summed E-state index contributed by atoms with van der Waals surface area (Å²) in [5, 5.41) is 8.03. The molecule has 1 unspecified atom stereocenters. The minimum Gasteiger partial charge on any atom is -0.487 e. The molecule has 0 aromatic heterocycles. The Kier molecular flexibility index (Phi) is 11.1. The zero-order chi connectivity index (χ0) is 28.4. The average molecular weight is 618 g/mol. The smallest absolute Gasteiger partial charge is 0.305 e. The molecule has 204 valence electrons. The molecule has 3 aromatic rings. The summed E-state index contributed by atoms with van der Waals surface area (Å²) in [6.45, 7) is -0.593. The SMILES string of the molecule is CN(C)C(=O)COc1cc(OCc2cccc(-c3ccccc3)c2Br)c(Cl)cc1CNC(CN=O)C(=O)N=O. The third-order valence-corrected chi connectivity index (χ3v) is 6.93. The van der Waals surface area contributed by atoms with Crippen LogP contribution in [0.15, 0.2) is 75.5 Å². The van der Waals surface area contributed by atoms with E-state index in [0.717, 1.165) is 21.2 Å². The van der Waals surface area contributed by atoms with Crippen LogP contribution in [0.1, 0.15) is 11.1 Å². The van der Waals surface area contributed by atoms with E-state index in [1.165, 1.54) is 4.90 Å². The third-order valence-electron chi connectivity index (χ3n) is 5.70. The van der Waals surface area contributed by atoms with Crippen molar-refractivity contribution in [2.45, 2.75) is 19.2 Å². The minimum absolute atomic E-state index is 0.0302. The maximum atomic E-state index is 12.1. The van der Waals surface area contributed by atoms with Gasteiger partial charge >= 0.3 is 5.91 Å². The first kappa shape index (κ1) is 29.9. The zero-order valence-corrected chi connectivity index (χ0v) is 23.6.